The number of hydrogen-bond donors (Lipinski definition) is 2. The first-order chi connectivity index (χ1) is 10.7. The predicted octanol–water partition coefficient (Wildman–Crippen LogP) is 1.26. The van der Waals surface area contributed by atoms with Gasteiger partial charge in [0.15, 0.2) is 12.4 Å². The van der Waals surface area contributed by atoms with Crippen molar-refractivity contribution < 1.29 is 14.4 Å². The van der Waals surface area contributed by atoms with E-state index in [9.17, 15) is 4.79 Å². The van der Waals surface area contributed by atoms with E-state index in [1.807, 2.05) is 18.2 Å². The third-order valence-corrected chi connectivity index (χ3v) is 2.64. The third-order valence-electron chi connectivity index (χ3n) is 2.64. The molecule has 0 atom stereocenters. The first kappa shape index (κ1) is 15.3. The van der Waals surface area contributed by atoms with Crippen molar-refractivity contribution in [1.82, 2.24) is 10.3 Å². The average Bonchev–Trinajstić information content (AvgIpc) is 2.56. The van der Waals surface area contributed by atoms with Gasteiger partial charge in [-0.05, 0) is 24.3 Å². The van der Waals surface area contributed by atoms with Gasteiger partial charge in [0, 0.05) is 13.2 Å². The molecule has 0 spiro atoms. The second-order valence-electron chi connectivity index (χ2n) is 4.19. The number of nitrogens with one attached hydrogen (secondary N) is 1. The van der Waals surface area contributed by atoms with Crippen molar-refractivity contribution in [3.05, 3.63) is 54.2 Å². The van der Waals surface area contributed by atoms with Crippen LogP contribution in [0.4, 0.5) is 0 Å². The number of aromatic nitrogens is 1. The van der Waals surface area contributed by atoms with Crippen LogP contribution in [-0.4, -0.2) is 30.4 Å². The largest absolute Gasteiger partial charge is 0.438 e. The van der Waals surface area contributed by atoms with E-state index in [4.69, 9.17) is 15.3 Å². The van der Waals surface area contributed by atoms with E-state index < -0.39 is 0 Å². The topological polar surface area (TPSA) is 98.8 Å². The number of nitrogens with two attached hydrogens (primary N) is 1. The van der Waals surface area contributed by atoms with Gasteiger partial charge in [-0.15, -0.1) is 0 Å². The monoisotopic (exact) mass is 300 g/mol. The van der Waals surface area contributed by atoms with Crippen LogP contribution >= 0.6 is 0 Å². The Kier molecular flexibility index (Phi) is 5.31. The molecule has 2 rings (SSSR count). The van der Waals surface area contributed by atoms with Crippen LogP contribution in [0.5, 0.6) is 11.6 Å². The summed E-state index contributed by atoms with van der Waals surface area (Å²) in [5, 5.41) is 6.11. The average molecular weight is 300 g/mol. The van der Waals surface area contributed by atoms with Crippen LogP contribution in [0.1, 0.15) is 5.56 Å². The lowest BCUT2D eigenvalue weighted by Crippen LogP contribution is -2.23. The maximum atomic E-state index is 11.1. The molecule has 114 valence electrons. The molecular weight excluding hydrogens is 284 g/mol. The van der Waals surface area contributed by atoms with Gasteiger partial charge in [0.2, 0.25) is 5.88 Å². The molecule has 0 aliphatic heterocycles. The number of para-hydroxylation sites is 1. The number of pyridine rings is 1. The maximum absolute atomic E-state index is 11.1. The number of oxime groups is 1. The zero-order valence-electron chi connectivity index (χ0n) is 12.0. The van der Waals surface area contributed by atoms with Crippen LogP contribution in [0, 0.1) is 0 Å². The highest BCUT2D eigenvalue weighted by Gasteiger charge is 2.10. The van der Waals surface area contributed by atoms with Gasteiger partial charge < -0.3 is 20.6 Å². The first-order valence-electron chi connectivity index (χ1n) is 6.55. The number of amidine groups is 1. The van der Waals surface area contributed by atoms with Gasteiger partial charge in [-0.2, -0.15) is 0 Å². The van der Waals surface area contributed by atoms with E-state index >= 15 is 0 Å². The molecule has 0 radical (unpaired) electrons. The van der Waals surface area contributed by atoms with Crippen LogP contribution < -0.4 is 15.8 Å². The van der Waals surface area contributed by atoms with Crippen LogP contribution in [0.25, 0.3) is 0 Å². The zero-order chi connectivity index (χ0) is 15.8. The van der Waals surface area contributed by atoms with Gasteiger partial charge in [0.1, 0.15) is 5.75 Å². The maximum Gasteiger partial charge on any atom is 0.260 e. The van der Waals surface area contributed by atoms with E-state index in [1.54, 1.807) is 30.5 Å². The summed E-state index contributed by atoms with van der Waals surface area (Å²) in [6, 6.07) is 12.6. The Balaban J connectivity index is 2.13. The van der Waals surface area contributed by atoms with E-state index in [1.165, 1.54) is 7.05 Å². The first-order valence-corrected chi connectivity index (χ1v) is 6.55. The number of rotatable bonds is 6. The molecular formula is C15H16N4O3. The molecule has 0 aliphatic carbocycles. The van der Waals surface area contributed by atoms with Crippen molar-refractivity contribution in [2.45, 2.75) is 0 Å². The minimum atomic E-state index is -0.302. The number of ether oxygens (including phenoxy) is 1. The number of amides is 1. The zero-order valence-corrected chi connectivity index (χ0v) is 12.0. The fourth-order valence-corrected chi connectivity index (χ4v) is 1.55. The van der Waals surface area contributed by atoms with Crippen LogP contribution in [0.15, 0.2) is 53.8 Å². The van der Waals surface area contributed by atoms with Crippen LogP contribution in [-0.2, 0) is 9.63 Å². The van der Waals surface area contributed by atoms with Crippen LogP contribution in [0.2, 0.25) is 0 Å². The normalized spacial score (nSPS) is 10.9. The second-order valence-corrected chi connectivity index (χ2v) is 4.19. The van der Waals surface area contributed by atoms with Gasteiger partial charge in [0.25, 0.3) is 5.91 Å². The third kappa shape index (κ3) is 4.20. The molecule has 1 heterocycles. The van der Waals surface area contributed by atoms with Crippen molar-refractivity contribution in [1.29, 1.82) is 0 Å². The molecule has 0 fully saturated rings. The van der Waals surface area contributed by atoms with Gasteiger partial charge in [-0.3, -0.25) is 4.79 Å². The quantitative estimate of drug-likeness (QED) is 0.475. The summed E-state index contributed by atoms with van der Waals surface area (Å²) < 4.78 is 5.67. The molecule has 7 nitrogen and oxygen atoms in total. The molecule has 1 aromatic heterocycles. The molecule has 3 N–H and O–H groups in total. The smallest absolute Gasteiger partial charge is 0.260 e. The Morgan fingerprint density at radius 2 is 2.05 bits per heavy atom. The molecule has 0 bridgehead atoms. The fourth-order valence-electron chi connectivity index (χ4n) is 1.55. The Hall–Kier alpha value is -3.09. The summed E-state index contributed by atoms with van der Waals surface area (Å²) in [6.45, 7) is -0.216. The van der Waals surface area contributed by atoms with E-state index in [0.717, 1.165) is 0 Å². The summed E-state index contributed by atoms with van der Waals surface area (Å²) in [4.78, 5) is 20.1. The van der Waals surface area contributed by atoms with Gasteiger partial charge in [-0.1, -0.05) is 23.4 Å². The van der Waals surface area contributed by atoms with Crippen molar-refractivity contribution in [2.24, 2.45) is 10.9 Å². The Morgan fingerprint density at radius 1 is 1.27 bits per heavy atom. The number of nitrogens with zero attached hydrogens (tertiary/aromatic N) is 2. The molecule has 22 heavy (non-hydrogen) atoms. The SMILES string of the molecule is CNC(=O)CON=C(N)c1cccnc1Oc1ccccc1. The Bertz CT molecular complexity index is 659. The van der Waals surface area contributed by atoms with E-state index in [2.05, 4.69) is 15.5 Å². The molecule has 2 aromatic rings. The molecule has 0 saturated carbocycles. The lowest BCUT2D eigenvalue weighted by Gasteiger charge is -2.09. The van der Waals surface area contributed by atoms with E-state index in [0.29, 0.717) is 17.2 Å². The predicted molar refractivity (Wildman–Crippen MR) is 81.5 cm³/mol. The standard InChI is InChI=1S/C15H16N4O3/c1-17-13(20)10-21-19-14(16)12-8-5-9-18-15(12)22-11-6-3-2-4-7-11/h2-9H,10H2,1H3,(H2,16,19)(H,17,20). The minimum absolute atomic E-state index is 0.0722. The Labute approximate surface area is 127 Å². The lowest BCUT2D eigenvalue weighted by molar-refractivity contribution is -0.125. The number of hydrogen-bond acceptors (Lipinski definition) is 5. The molecule has 7 heteroatoms. The van der Waals surface area contributed by atoms with Crippen molar-refractivity contribution >= 4 is 11.7 Å². The van der Waals surface area contributed by atoms with Crippen molar-refractivity contribution in [3.8, 4) is 11.6 Å². The number of likely N-dealkylation sites (N-methyl/N-ethyl adjacent to an activating group) is 1. The molecule has 0 aliphatic rings. The summed E-state index contributed by atoms with van der Waals surface area (Å²) >= 11 is 0. The van der Waals surface area contributed by atoms with Crippen molar-refractivity contribution in [2.75, 3.05) is 13.7 Å². The summed E-state index contributed by atoms with van der Waals surface area (Å²) in [7, 11) is 1.51. The summed E-state index contributed by atoms with van der Waals surface area (Å²) in [5.41, 5.74) is 6.33. The molecule has 1 aromatic carbocycles. The number of benzene rings is 1. The summed E-state index contributed by atoms with van der Waals surface area (Å²) in [5.74, 6) is 0.700. The highest BCUT2D eigenvalue weighted by Crippen LogP contribution is 2.22. The number of carbonyl (C=O) groups is 1. The minimum Gasteiger partial charge on any atom is -0.438 e. The fraction of sp³-hybridized carbons (Fsp3) is 0.133. The van der Waals surface area contributed by atoms with Gasteiger partial charge >= 0.3 is 0 Å². The highest BCUT2D eigenvalue weighted by atomic mass is 16.6. The second kappa shape index (κ2) is 7.63. The molecule has 0 saturated heterocycles. The van der Waals surface area contributed by atoms with Gasteiger partial charge in [0.05, 0.1) is 5.56 Å². The molecule has 0 unspecified atom stereocenters. The molecule has 1 amide bonds. The van der Waals surface area contributed by atoms with Crippen LogP contribution in [0.3, 0.4) is 0 Å². The highest BCUT2D eigenvalue weighted by molar-refractivity contribution is 5.99. The Morgan fingerprint density at radius 3 is 2.77 bits per heavy atom. The lowest BCUT2D eigenvalue weighted by atomic mass is 10.2. The summed E-state index contributed by atoms with van der Waals surface area (Å²) in [6.07, 6.45) is 1.58. The van der Waals surface area contributed by atoms with Crippen molar-refractivity contribution in [3.63, 3.8) is 0 Å². The van der Waals surface area contributed by atoms with E-state index in [-0.39, 0.29) is 18.3 Å². The number of carbonyl (C=O) groups excluding carboxylic acids is 1. The van der Waals surface area contributed by atoms with Gasteiger partial charge in [-0.25, -0.2) is 4.98 Å².